The molecule has 0 saturated heterocycles. The topological polar surface area (TPSA) is 27.1 Å². The summed E-state index contributed by atoms with van der Waals surface area (Å²) in [7, 11) is 0.318. The van der Waals surface area contributed by atoms with Crippen molar-refractivity contribution in [3.05, 3.63) is 36.7 Å². The Morgan fingerprint density at radius 1 is 1.31 bits per heavy atom. The fourth-order valence-electron chi connectivity index (χ4n) is 1.42. The maximum Gasteiger partial charge on any atom is 0.182 e. The number of fused-ring (bicyclic) bond motifs is 3. The molecule has 1 atom stereocenters. The first-order valence-corrected chi connectivity index (χ1v) is 4.86. The van der Waals surface area contributed by atoms with Crippen LogP contribution in [0, 0.1) is 0 Å². The van der Waals surface area contributed by atoms with Crippen molar-refractivity contribution in [3.8, 4) is 17.1 Å². The highest BCUT2D eigenvalue weighted by Gasteiger charge is 2.16. The van der Waals surface area contributed by atoms with Gasteiger partial charge < -0.3 is 4.52 Å². The van der Waals surface area contributed by atoms with E-state index in [2.05, 4.69) is 4.98 Å². The van der Waals surface area contributed by atoms with Crippen molar-refractivity contribution in [2.75, 3.05) is 0 Å². The standard InChI is InChI=1S/C9H7N2OP/c1-2-4-8-7(3-1)9-10-5-6-11(9)13-12-8/h1-6,13H. The first kappa shape index (κ1) is 7.10. The molecule has 0 spiro atoms. The van der Waals surface area contributed by atoms with Crippen molar-refractivity contribution >= 4 is 8.96 Å². The van der Waals surface area contributed by atoms with E-state index < -0.39 is 0 Å². The van der Waals surface area contributed by atoms with Crippen LogP contribution in [0.25, 0.3) is 11.4 Å². The van der Waals surface area contributed by atoms with Gasteiger partial charge >= 0.3 is 0 Å². The molecule has 64 valence electrons. The minimum absolute atomic E-state index is 0.318. The molecule has 0 amide bonds. The summed E-state index contributed by atoms with van der Waals surface area (Å²) in [6.45, 7) is 0. The number of aromatic nitrogens is 2. The van der Waals surface area contributed by atoms with Crippen LogP contribution in [0.15, 0.2) is 36.7 Å². The third kappa shape index (κ3) is 0.973. The zero-order valence-electron chi connectivity index (χ0n) is 6.77. The van der Waals surface area contributed by atoms with E-state index in [9.17, 15) is 0 Å². The molecule has 0 N–H and O–H groups in total. The second-order valence-corrected chi connectivity index (χ2v) is 3.68. The summed E-state index contributed by atoms with van der Waals surface area (Å²) in [5, 5.41) is 0. The fourth-order valence-corrected chi connectivity index (χ4v) is 2.18. The molecule has 0 bridgehead atoms. The Bertz CT molecular complexity index is 452. The molecule has 1 aliphatic heterocycles. The van der Waals surface area contributed by atoms with Crippen LogP contribution in [0.3, 0.4) is 0 Å². The third-order valence-electron chi connectivity index (χ3n) is 2.02. The minimum atomic E-state index is 0.318. The quantitative estimate of drug-likeness (QED) is 0.596. The van der Waals surface area contributed by atoms with Gasteiger partial charge in [-0.15, -0.1) is 0 Å². The highest BCUT2D eigenvalue weighted by molar-refractivity contribution is 7.31. The van der Waals surface area contributed by atoms with E-state index in [0.29, 0.717) is 8.96 Å². The van der Waals surface area contributed by atoms with Crippen LogP contribution in [-0.4, -0.2) is 9.32 Å². The number of hydrogen-bond donors (Lipinski definition) is 0. The van der Waals surface area contributed by atoms with Crippen molar-refractivity contribution in [2.45, 2.75) is 0 Å². The van der Waals surface area contributed by atoms with Crippen LogP contribution in [-0.2, 0) is 0 Å². The number of rotatable bonds is 0. The van der Waals surface area contributed by atoms with Crippen LogP contribution in [0.4, 0.5) is 0 Å². The molecule has 3 nitrogen and oxygen atoms in total. The number of benzene rings is 1. The van der Waals surface area contributed by atoms with Gasteiger partial charge in [-0.25, -0.2) is 4.98 Å². The molecule has 4 heteroatoms. The summed E-state index contributed by atoms with van der Waals surface area (Å²) in [5.41, 5.74) is 1.08. The molecule has 0 aliphatic carbocycles. The van der Waals surface area contributed by atoms with E-state index in [1.807, 2.05) is 34.8 Å². The van der Waals surface area contributed by atoms with Gasteiger partial charge in [0.1, 0.15) is 11.6 Å². The second-order valence-electron chi connectivity index (χ2n) is 2.81. The summed E-state index contributed by atoms with van der Waals surface area (Å²) >= 11 is 0. The molecule has 1 aliphatic rings. The van der Waals surface area contributed by atoms with E-state index in [0.717, 1.165) is 17.1 Å². The monoisotopic (exact) mass is 190 g/mol. The Balaban J connectivity index is 2.30. The van der Waals surface area contributed by atoms with Crippen molar-refractivity contribution in [1.82, 2.24) is 9.32 Å². The molecular formula is C9H7N2OP. The Morgan fingerprint density at radius 2 is 2.23 bits per heavy atom. The SMILES string of the molecule is c1ccc2c(c1)OPn1ccnc1-2. The average molecular weight is 190 g/mol. The zero-order valence-corrected chi connectivity index (χ0v) is 7.77. The van der Waals surface area contributed by atoms with Gasteiger partial charge in [-0.2, -0.15) is 0 Å². The molecule has 2 heterocycles. The van der Waals surface area contributed by atoms with Gasteiger partial charge in [-0.05, 0) is 12.1 Å². The molecule has 3 rings (SSSR count). The summed E-state index contributed by atoms with van der Waals surface area (Å²) in [5.74, 6) is 1.93. The summed E-state index contributed by atoms with van der Waals surface area (Å²) < 4.78 is 7.58. The largest absolute Gasteiger partial charge is 0.455 e. The van der Waals surface area contributed by atoms with Crippen LogP contribution < -0.4 is 4.52 Å². The number of para-hydroxylation sites is 1. The van der Waals surface area contributed by atoms with Gasteiger partial charge in [0.25, 0.3) is 0 Å². The smallest absolute Gasteiger partial charge is 0.182 e. The van der Waals surface area contributed by atoms with Crippen LogP contribution in [0.5, 0.6) is 5.75 Å². The maximum atomic E-state index is 5.56. The first-order chi connectivity index (χ1) is 6.45. The number of hydrogen-bond acceptors (Lipinski definition) is 2. The average Bonchev–Trinajstić information content (AvgIpc) is 2.65. The van der Waals surface area contributed by atoms with Crippen LogP contribution in [0.2, 0.25) is 0 Å². The van der Waals surface area contributed by atoms with Gasteiger partial charge in [0.2, 0.25) is 0 Å². The lowest BCUT2D eigenvalue weighted by molar-refractivity contribution is 0.616. The Morgan fingerprint density at radius 3 is 3.23 bits per heavy atom. The molecule has 2 aromatic rings. The predicted octanol–water partition coefficient (Wildman–Crippen LogP) is 2.30. The first-order valence-electron chi connectivity index (χ1n) is 4.01. The van der Waals surface area contributed by atoms with E-state index >= 15 is 0 Å². The predicted molar refractivity (Wildman–Crippen MR) is 52.0 cm³/mol. The summed E-state index contributed by atoms with van der Waals surface area (Å²) in [6, 6.07) is 7.97. The maximum absolute atomic E-state index is 5.56. The summed E-state index contributed by atoms with van der Waals surface area (Å²) in [6.07, 6.45) is 3.73. The van der Waals surface area contributed by atoms with Gasteiger partial charge in [-0.3, -0.25) is 4.34 Å². The van der Waals surface area contributed by atoms with E-state index in [-0.39, 0.29) is 0 Å². The fraction of sp³-hybridized carbons (Fsp3) is 0. The minimum Gasteiger partial charge on any atom is -0.455 e. The normalized spacial score (nSPS) is 14.8. The highest BCUT2D eigenvalue weighted by Crippen LogP contribution is 2.39. The van der Waals surface area contributed by atoms with Crippen molar-refractivity contribution < 1.29 is 4.52 Å². The van der Waals surface area contributed by atoms with Gasteiger partial charge in [0.15, 0.2) is 8.96 Å². The lowest BCUT2D eigenvalue weighted by atomic mass is 10.2. The highest BCUT2D eigenvalue weighted by atomic mass is 31.1. The second kappa shape index (κ2) is 2.57. The zero-order chi connectivity index (χ0) is 8.67. The van der Waals surface area contributed by atoms with Crippen LogP contribution in [0.1, 0.15) is 0 Å². The number of nitrogens with zero attached hydrogens (tertiary/aromatic N) is 2. The van der Waals surface area contributed by atoms with Crippen LogP contribution >= 0.6 is 8.96 Å². The molecule has 1 aromatic heterocycles. The Labute approximate surface area is 77.3 Å². The van der Waals surface area contributed by atoms with E-state index in [1.54, 1.807) is 6.20 Å². The lowest BCUT2D eigenvalue weighted by Crippen LogP contribution is -1.99. The van der Waals surface area contributed by atoms with Gasteiger partial charge in [0, 0.05) is 12.4 Å². The molecular weight excluding hydrogens is 183 g/mol. The van der Waals surface area contributed by atoms with Gasteiger partial charge in [0.05, 0.1) is 5.56 Å². The molecule has 0 saturated carbocycles. The van der Waals surface area contributed by atoms with Crippen molar-refractivity contribution in [2.24, 2.45) is 0 Å². The molecule has 0 radical (unpaired) electrons. The van der Waals surface area contributed by atoms with E-state index in [4.69, 9.17) is 4.52 Å². The summed E-state index contributed by atoms with van der Waals surface area (Å²) in [4.78, 5) is 4.29. The molecule has 1 aromatic carbocycles. The third-order valence-corrected chi connectivity index (χ3v) is 2.89. The van der Waals surface area contributed by atoms with Crippen molar-refractivity contribution in [3.63, 3.8) is 0 Å². The molecule has 1 unspecified atom stereocenters. The molecule has 0 fully saturated rings. The lowest BCUT2D eigenvalue weighted by Gasteiger charge is -2.17. The van der Waals surface area contributed by atoms with Gasteiger partial charge in [-0.1, -0.05) is 12.1 Å². The Hall–Kier alpha value is -1.34. The van der Waals surface area contributed by atoms with Crippen molar-refractivity contribution in [1.29, 1.82) is 0 Å². The number of imidazole rings is 1. The van der Waals surface area contributed by atoms with E-state index in [1.165, 1.54) is 0 Å². The Kier molecular flexibility index (Phi) is 1.41. The molecule has 13 heavy (non-hydrogen) atoms.